The minimum atomic E-state index is 0.658. The van der Waals surface area contributed by atoms with Crippen molar-refractivity contribution in [2.24, 2.45) is 0 Å². The predicted molar refractivity (Wildman–Crippen MR) is 58.5 cm³/mol. The lowest BCUT2D eigenvalue weighted by Crippen LogP contribution is -2.30. The predicted octanol–water partition coefficient (Wildman–Crippen LogP) is 2.08. The van der Waals surface area contributed by atoms with Crippen molar-refractivity contribution in [3.63, 3.8) is 0 Å². The molecule has 0 spiro atoms. The summed E-state index contributed by atoms with van der Waals surface area (Å²) in [6, 6.07) is 0.658. The van der Waals surface area contributed by atoms with Gasteiger partial charge in [0.1, 0.15) is 0 Å². The van der Waals surface area contributed by atoms with Gasteiger partial charge in [0.05, 0.1) is 0 Å². The van der Waals surface area contributed by atoms with Crippen molar-refractivity contribution in [3.8, 4) is 12.3 Å². The highest BCUT2D eigenvalue weighted by Gasteiger charge is 2.06. The molecule has 0 bridgehead atoms. The van der Waals surface area contributed by atoms with Crippen LogP contribution in [0.4, 0.5) is 0 Å². The summed E-state index contributed by atoms with van der Waals surface area (Å²) >= 11 is 1.90. The largest absolute Gasteiger partial charge is 0.303 e. The lowest BCUT2D eigenvalue weighted by molar-refractivity contribution is 0.259. The molecule has 0 radical (unpaired) electrons. The zero-order valence-corrected chi connectivity index (χ0v) is 9.16. The van der Waals surface area contributed by atoms with Gasteiger partial charge in [0.2, 0.25) is 0 Å². The Balaban J connectivity index is 3.47. The van der Waals surface area contributed by atoms with Crippen molar-refractivity contribution in [2.45, 2.75) is 25.8 Å². The van der Waals surface area contributed by atoms with Crippen LogP contribution in [0.15, 0.2) is 0 Å². The van der Waals surface area contributed by atoms with Crippen molar-refractivity contribution in [1.29, 1.82) is 0 Å². The van der Waals surface area contributed by atoms with Gasteiger partial charge in [0, 0.05) is 19.0 Å². The minimum Gasteiger partial charge on any atom is -0.303 e. The van der Waals surface area contributed by atoms with Gasteiger partial charge in [-0.3, -0.25) is 0 Å². The van der Waals surface area contributed by atoms with Gasteiger partial charge in [-0.1, -0.05) is 0 Å². The maximum Gasteiger partial charge on any atom is 0.0214 e. The number of hydrogen-bond acceptors (Lipinski definition) is 2. The van der Waals surface area contributed by atoms with Crippen LogP contribution < -0.4 is 0 Å². The smallest absolute Gasteiger partial charge is 0.0214 e. The Morgan fingerprint density at radius 1 is 1.58 bits per heavy atom. The van der Waals surface area contributed by atoms with Crippen molar-refractivity contribution in [2.75, 3.05) is 25.6 Å². The van der Waals surface area contributed by atoms with E-state index in [0.29, 0.717) is 6.04 Å². The van der Waals surface area contributed by atoms with Crippen LogP contribution in [0.1, 0.15) is 19.8 Å². The second-order valence-corrected chi connectivity index (χ2v) is 4.05. The molecule has 0 aromatic rings. The molecule has 0 N–H and O–H groups in total. The van der Waals surface area contributed by atoms with E-state index in [2.05, 4.69) is 31.0 Å². The summed E-state index contributed by atoms with van der Waals surface area (Å²) in [5.41, 5.74) is 0. The first-order valence-electron chi connectivity index (χ1n) is 4.35. The standard InChI is InChI=1S/C10H19NS/c1-5-6-8-11(3)10(2)7-9-12-4/h1,10H,6-9H2,2-4H3. The molecular weight excluding hydrogens is 166 g/mol. The fourth-order valence-electron chi connectivity index (χ4n) is 0.970. The third-order valence-electron chi connectivity index (χ3n) is 2.10. The van der Waals surface area contributed by atoms with E-state index in [1.54, 1.807) is 0 Å². The zero-order valence-electron chi connectivity index (χ0n) is 8.34. The average molecular weight is 185 g/mol. The average Bonchev–Trinajstić information content (AvgIpc) is 2.10. The first kappa shape index (κ1) is 11.9. The summed E-state index contributed by atoms with van der Waals surface area (Å²) in [5.74, 6) is 3.90. The summed E-state index contributed by atoms with van der Waals surface area (Å²) in [5, 5.41) is 0. The molecule has 1 atom stereocenters. The molecule has 0 saturated heterocycles. The lowest BCUT2D eigenvalue weighted by Gasteiger charge is -2.23. The van der Waals surface area contributed by atoms with Crippen molar-refractivity contribution >= 4 is 11.8 Å². The molecule has 12 heavy (non-hydrogen) atoms. The van der Waals surface area contributed by atoms with Crippen LogP contribution in [0.3, 0.4) is 0 Å². The molecule has 2 heteroatoms. The molecule has 0 aliphatic heterocycles. The molecular formula is C10H19NS. The Kier molecular flexibility index (Phi) is 7.43. The molecule has 0 aromatic carbocycles. The molecule has 1 unspecified atom stereocenters. The number of rotatable bonds is 6. The molecule has 0 aliphatic carbocycles. The highest BCUT2D eigenvalue weighted by molar-refractivity contribution is 7.98. The van der Waals surface area contributed by atoms with Gasteiger partial charge in [0.15, 0.2) is 0 Å². The second-order valence-electron chi connectivity index (χ2n) is 3.07. The van der Waals surface area contributed by atoms with Crippen molar-refractivity contribution < 1.29 is 0 Å². The summed E-state index contributed by atoms with van der Waals surface area (Å²) in [7, 11) is 2.14. The molecule has 70 valence electrons. The van der Waals surface area contributed by atoms with Crippen molar-refractivity contribution in [3.05, 3.63) is 0 Å². The van der Waals surface area contributed by atoms with E-state index in [4.69, 9.17) is 6.42 Å². The highest BCUT2D eigenvalue weighted by Crippen LogP contribution is 2.05. The van der Waals surface area contributed by atoms with Crippen LogP contribution in [0.5, 0.6) is 0 Å². The van der Waals surface area contributed by atoms with Crippen LogP contribution in [-0.2, 0) is 0 Å². The van der Waals surface area contributed by atoms with Crippen LogP contribution in [-0.4, -0.2) is 36.5 Å². The Morgan fingerprint density at radius 2 is 2.25 bits per heavy atom. The number of hydrogen-bond donors (Lipinski definition) is 0. The van der Waals surface area contributed by atoms with Gasteiger partial charge in [0.25, 0.3) is 0 Å². The Bertz CT molecular complexity index is 139. The summed E-state index contributed by atoms with van der Waals surface area (Å²) in [6.07, 6.45) is 9.46. The van der Waals surface area contributed by atoms with Crippen LogP contribution in [0.25, 0.3) is 0 Å². The summed E-state index contributed by atoms with van der Waals surface area (Å²) in [6.45, 7) is 3.28. The monoisotopic (exact) mass is 185 g/mol. The van der Waals surface area contributed by atoms with E-state index in [0.717, 1.165) is 13.0 Å². The number of terminal acetylenes is 1. The maximum absolute atomic E-state index is 5.20. The van der Waals surface area contributed by atoms with E-state index in [1.165, 1.54) is 12.2 Å². The number of nitrogens with zero attached hydrogens (tertiary/aromatic N) is 1. The second kappa shape index (κ2) is 7.52. The van der Waals surface area contributed by atoms with Crippen LogP contribution in [0, 0.1) is 12.3 Å². The number of thioether (sulfide) groups is 1. The Morgan fingerprint density at radius 3 is 2.75 bits per heavy atom. The molecule has 0 rings (SSSR count). The molecule has 0 heterocycles. The van der Waals surface area contributed by atoms with Crippen LogP contribution in [0.2, 0.25) is 0 Å². The SMILES string of the molecule is C#CCCN(C)C(C)CCSC. The van der Waals surface area contributed by atoms with E-state index in [9.17, 15) is 0 Å². The summed E-state index contributed by atoms with van der Waals surface area (Å²) in [4.78, 5) is 2.33. The summed E-state index contributed by atoms with van der Waals surface area (Å²) < 4.78 is 0. The molecule has 1 nitrogen and oxygen atoms in total. The third kappa shape index (κ3) is 5.51. The topological polar surface area (TPSA) is 3.24 Å². The van der Waals surface area contributed by atoms with E-state index >= 15 is 0 Å². The molecule has 0 aromatic heterocycles. The first-order valence-corrected chi connectivity index (χ1v) is 5.74. The van der Waals surface area contributed by atoms with Gasteiger partial charge in [-0.15, -0.1) is 12.3 Å². The Labute approximate surface area is 80.9 Å². The zero-order chi connectivity index (χ0) is 9.40. The quantitative estimate of drug-likeness (QED) is 0.583. The fraction of sp³-hybridized carbons (Fsp3) is 0.800. The minimum absolute atomic E-state index is 0.658. The Hall–Kier alpha value is -0.130. The van der Waals surface area contributed by atoms with Crippen molar-refractivity contribution in [1.82, 2.24) is 4.90 Å². The molecule has 0 fully saturated rings. The van der Waals surface area contributed by atoms with E-state index < -0.39 is 0 Å². The van der Waals surface area contributed by atoms with Crippen LogP contribution >= 0.6 is 11.8 Å². The normalized spacial score (nSPS) is 12.9. The van der Waals surface area contributed by atoms with Gasteiger partial charge in [-0.05, 0) is 32.4 Å². The molecule has 0 saturated carbocycles. The third-order valence-corrected chi connectivity index (χ3v) is 2.74. The van der Waals surface area contributed by atoms with E-state index in [-0.39, 0.29) is 0 Å². The molecule has 0 aliphatic rings. The lowest BCUT2D eigenvalue weighted by atomic mass is 10.2. The first-order chi connectivity index (χ1) is 5.72. The molecule has 0 amide bonds. The van der Waals surface area contributed by atoms with Gasteiger partial charge < -0.3 is 4.90 Å². The van der Waals surface area contributed by atoms with Gasteiger partial charge in [-0.2, -0.15) is 11.8 Å². The highest BCUT2D eigenvalue weighted by atomic mass is 32.2. The van der Waals surface area contributed by atoms with Gasteiger partial charge >= 0.3 is 0 Å². The van der Waals surface area contributed by atoms with Gasteiger partial charge in [-0.25, -0.2) is 0 Å². The maximum atomic E-state index is 5.20. The fourth-order valence-corrected chi connectivity index (χ4v) is 1.55. The van der Waals surface area contributed by atoms with E-state index in [1.807, 2.05) is 11.8 Å².